The fourth-order valence-electron chi connectivity index (χ4n) is 2.53. The molecule has 1 heterocycles. The number of sulfonamides is 1. The summed E-state index contributed by atoms with van der Waals surface area (Å²) in [5.41, 5.74) is 0.736. The Morgan fingerprint density at radius 3 is 2.67 bits per heavy atom. The van der Waals surface area contributed by atoms with Crippen molar-refractivity contribution in [3.8, 4) is 0 Å². The van der Waals surface area contributed by atoms with Crippen molar-refractivity contribution in [2.75, 3.05) is 11.3 Å². The SMILES string of the molecule is CCOC(=O)c1sc(NS(=O)(=O)C2CCCCC2)cc1C. The number of aryl methyl sites for hydroxylation is 1. The number of rotatable bonds is 5. The molecular formula is C14H21NO4S2. The summed E-state index contributed by atoms with van der Waals surface area (Å²) in [6.07, 6.45) is 4.46. The van der Waals surface area contributed by atoms with Crippen LogP contribution in [0.5, 0.6) is 0 Å². The van der Waals surface area contributed by atoms with Crippen molar-refractivity contribution in [3.63, 3.8) is 0 Å². The normalized spacial score (nSPS) is 16.7. The van der Waals surface area contributed by atoms with E-state index in [1.165, 1.54) is 0 Å². The Morgan fingerprint density at radius 2 is 2.05 bits per heavy atom. The van der Waals surface area contributed by atoms with E-state index in [4.69, 9.17) is 4.74 Å². The number of nitrogens with one attached hydrogen (secondary N) is 1. The van der Waals surface area contributed by atoms with Crippen LogP contribution in [0.15, 0.2) is 6.07 Å². The van der Waals surface area contributed by atoms with Crippen molar-refractivity contribution in [3.05, 3.63) is 16.5 Å². The second-order valence-corrected chi connectivity index (χ2v) is 8.26. The Morgan fingerprint density at radius 1 is 1.38 bits per heavy atom. The smallest absolute Gasteiger partial charge is 0.348 e. The summed E-state index contributed by atoms with van der Waals surface area (Å²) in [4.78, 5) is 12.2. The highest BCUT2D eigenvalue weighted by molar-refractivity contribution is 7.93. The zero-order chi connectivity index (χ0) is 15.5. The molecule has 2 rings (SSSR count). The Kier molecular flexibility index (Phi) is 5.27. The number of hydrogen-bond acceptors (Lipinski definition) is 5. The molecule has 118 valence electrons. The number of carbonyl (C=O) groups is 1. The summed E-state index contributed by atoms with van der Waals surface area (Å²) < 4.78 is 32.3. The van der Waals surface area contributed by atoms with Crippen LogP contribution in [0.1, 0.15) is 54.3 Å². The maximum Gasteiger partial charge on any atom is 0.348 e. The third kappa shape index (κ3) is 3.97. The maximum atomic E-state index is 12.4. The van der Waals surface area contributed by atoms with Gasteiger partial charge in [0.1, 0.15) is 9.88 Å². The van der Waals surface area contributed by atoms with Gasteiger partial charge in [-0.15, -0.1) is 11.3 Å². The van der Waals surface area contributed by atoms with E-state index in [9.17, 15) is 13.2 Å². The van der Waals surface area contributed by atoms with Crippen molar-refractivity contribution in [1.29, 1.82) is 0 Å². The monoisotopic (exact) mass is 331 g/mol. The lowest BCUT2D eigenvalue weighted by Gasteiger charge is -2.21. The van der Waals surface area contributed by atoms with E-state index < -0.39 is 16.0 Å². The molecule has 1 aliphatic carbocycles. The Hall–Kier alpha value is -1.08. The molecule has 0 unspecified atom stereocenters. The van der Waals surface area contributed by atoms with E-state index in [0.29, 0.717) is 29.3 Å². The predicted octanol–water partition coefficient (Wildman–Crippen LogP) is 3.31. The molecule has 0 radical (unpaired) electrons. The molecule has 0 bridgehead atoms. The molecule has 1 fully saturated rings. The summed E-state index contributed by atoms with van der Waals surface area (Å²) >= 11 is 1.13. The van der Waals surface area contributed by atoms with Crippen LogP contribution in [0.4, 0.5) is 5.00 Å². The van der Waals surface area contributed by atoms with Gasteiger partial charge in [0.05, 0.1) is 11.9 Å². The zero-order valence-electron chi connectivity index (χ0n) is 12.3. The van der Waals surface area contributed by atoms with E-state index in [1.54, 1.807) is 19.9 Å². The van der Waals surface area contributed by atoms with Crippen LogP contribution in [0.25, 0.3) is 0 Å². The van der Waals surface area contributed by atoms with E-state index in [2.05, 4.69) is 4.72 Å². The number of esters is 1. The van der Waals surface area contributed by atoms with Crippen LogP contribution >= 0.6 is 11.3 Å². The summed E-state index contributed by atoms with van der Waals surface area (Å²) in [6, 6.07) is 1.69. The molecule has 1 N–H and O–H groups in total. The Bertz CT molecular complexity index is 600. The first-order valence-electron chi connectivity index (χ1n) is 7.23. The molecular weight excluding hydrogens is 310 g/mol. The van der Waals surface area contributed by atoms with Gasteiger partial charge in [-0.3, -0.25) is 4.72 Å². The second-order valence-electron chi connectivity index (χ2n) is 5.25. The number of hydrogen-bond donors (Lipinski definition) is 1. The minimum Gasteiger partial charge on any atom is -0.462 e. The minimum absolute atomic E-state index is 0.305. The number of carbonyl (C=O) groups excluding carboxylic acids is 1. The first kappa shape index (κ1) is 16.3. The highest BCUT2D eigenvalue weighted by atomic mass is 32.2. The average molecular weight is 331 g/mol. The van der Waals surface area contributed by atoms with E-state index in [-0.39, 0.29) is 5.25 Å². The van der Waals surface area contributed by atoms with Crippen LogP contribution in [0, 0.1) is 6.92 Å². The van der Waals surface area contributed by atoms with Gasteiger partial charge in [0.2, 0.25) is 10.0 Å². The topological polar surface area (TPSA) is 72.5 Å². The molecule has 1 aromatic rings. The van der Waals surface area contributed by atoms with Crippen molar-refractivity contribution >= 4 is 32.3 Å². The van der Waals surface area contributed by atoms with Crippen LogP contribution in [0.2, 0.25) is 0 Å². The van der Waals surface area contributed by atoms with Crippen LogP contribution in [-0.2, 0) is 14.8 Å². The molecule has 0 aromatic carbocycles. The van der Waals surface area contributed by atoms with Crippen LogP contribution < -0.4 is 4.72 Å². The Balaban J connectivity index is 2.12. The van der Waals surface area contributed by atoms with Gasteiger partial charge in [0, 0.05) is 0 Å². The summed E-state index contributed by atoms with van der Waals surface area (Å²) in [5.74, 6) is -0.400. The predicted molar refractivity (Wildman–Crippen MR) is 84.4 cm³/mol. The van der Waals surface area contributed by atoms with Gasteiger partial charge in [-0.2, -0.15) is 0 Å². The largest absolute Gasteiger partial charge is 0.462 e. The highest BCUT2D eigenvalue weighted by Gasteiger charge is 2.28. The van der Waals surface area contributed by atoms with Crippen molar-refractivity contribution in [1.82, 2.24) is 0 Å². The molecule has 5 nitrogen and oxygen atoms in total. The number of anilines is 1. The van der Waals surface area contributed by atoms with Gasteiger partial charge in [0.15, 0.2) is 0 Å². The summed E-state index contributed by atoms with van der Waals surface area (Å²) in [6.45, 7) is 3.83. The first-order valence-corrected chi connectivity index (χ1v) is 9.59. The van der Waals surface area contributed by atoms with Gasteiger partial charge in [-0.25, -0.2) is 13.2 Å². The van der Waals surface area contributed by atoms with Crippen molar-refractivity contribution in [2.24, 2.45) is 0 Å². The number of thiophene rings is 1. The molecule has 0 spiro atoms. The van der Waals surface area contributed by atoms with Gasteiger partial charge in [-0.05, 0) is 38.3 Å². The lowest BCUT2D eigenvalue weighted by Crippen LogP contribution is -2.29. The van der Waals surface area contributed by atoms with Gasteiger partial charge in [0.25, 0.3) is 0 Å². The molecule has 21 heavy (non-hydrogen) atoms. The lowest BCUT2D eigenvalue weighted by molar-refractivity contribution is 0.0531. The zero-order valence-corrected chi connectivity index (χ0v) is 14.0. The molecule has 1 saturated carbocycles. The Labute approximate surface area is 129 Å². The third-order valence-electron chi connectivity index (χ3n) is 3.61. The van der Waals surface area contributed by atoms with E-state index in [1.807, 2.05) is 0 Å². The summed E-state index contributed by atoms with van der Waals surface area (Å²) in [7, 11) is -3.37. The third-order valence-corrected chi connectivity index (χ3v) is 6.73. The highest BCUT2D eigenvalue weighted by Crippen LogP contribution is 2.31. The molecule has 0 amide bonds. The van der Waals surface area contributed by atoms with Gasteiger partial charge >= 0.3 is 5.97 Å². The molecule has 1 aromatic heterocycles. The summed E-state index contributed by atoms with van der Waals surface area (Å²) in [5, 5.41) is 0.167. The molecule has 0 atom stereocenters. The second kappa shape index (κ2) is 6.79. The first-order chi connectivity index (χ1) is 9.94. The molecule has 0 saturated heterocycles. The van der Waals surface area contributed by atoms with Crippen molar-refractivity contribution < 1.29 is 17.9 Å². The van der Waals surface area contributed by atoms with Gasteiger partial charge < -0.3 is 4.74 Å². The lowest BCUT2D eigenvalue weighted by atomic mass is 10.0. The standard InChI is InChI=1S/C14H21NO4S2/c1-3-19-14(16)13-10(2)9-12(20-13)15-21(17,18)11-7-5-4-6-8-11/h9,11,15H,3-8H2,1-2H3. The fourth-order valence-corrected chi connectivity index (χ4v) is 5.32. The van der Waals surface area contributed by atoms with E-state index in [0.717, 1.165) is 36.2 Å². The fraction of sp³-hybridized carbons (Fsp3) is 0.643. The number of ether oxygens (including phenoxy) is 1. The van der Waals surface area contributed by atoms with Crippen molar-refractivity contribution in [2.45, 2.75) is 51.2 Å². The van der Waals surface area contributed by atoms with Crippen LogP contribution in [-0.4, -0.2) is 26.2 Å². The van der Waals surface area contributed by atoms with Crippen LogP contribution in [0.3, 0.4) is 0 Å². The molecule has 0 aliphatic heterocycles. The van der Waals surface area contributed by atoms with E-state index >= 15 is 0 Å². The van der Waals surface area contributed by atoms with Gasteiger partial charge in [-0.1, -0.05) is 19.3 Å². The molecule has 1 aliphatic rings. The average Bonchev–Trinajstić information content (AvgIpc) is 2.80. The molecule has 7 heteroatoms. The maximum absolute atomic E-state index is 12.4. The minimum atomic E-state index is -3.37. The quantitative estimate of drug-likeness (QED) is 0.840.